The van der Waals surface area contributed by atoms with Crippen molar-refractivity contribution in [2.24, 2.45) is 0 Å². The normalized spacial score (nSPS) is 13.3. The first-order valence-electron chi connectivity index (χ1n) is 1.55. The molecule has 0 aromatic rings. The van der Waals surface area contributed by atoms with Gasteiger partial charge in [-0.2, -0.15) is 0 Å². The number of hydrogen-bond acceptors (Lipinski definition) is 3. The molecule has 0 aromatic heterocycles. The van der Waals surface area contributed by atoms with Crippen LogP contribution < -0.4 is 0 Å². The van der Waals surface area contributed by atoms with Gasteiger partial charge in [-0.15, -0.1) is 0 Å². The third-order valence-corrected chi connectivity index (χ3v) is 0.853. The van der Waals surface area contributed by atoms with Gasteiger partial charge in [-0.05, 0) is 11.1 Å². The molecule has 0 aliphatic carbocycles. The van der Waals surface area contributed by atoms with Crippen LogP contribution in [0.4, 0.5) is 0 Å². The predicted molar refractivity (Wildman–Crippen MR) is 25.6 cm³/mol. The molecule has 0 amide bonds. The topological polar surface area (TPSA) is 60.4 Å². The highest BCUT2D eigenvalue weighted by molar-refractivity contribution is 7.79. The third kappa shape index (κ3) is 5.65. The van der Waals surface area contributed by atoms with Crippen LogP contribution in [0.15, 0.2) is 12.3 Å². The van der Waals surface area contributed by atoms with Gasteiger partial charge in [0.05, 0.1) is 11.5 Å². The molecule has 1 N–H and O–H groups in total. The molecule has 0 heterocycles. The summed E-state index contributed by atoms with van der Waals surface area (Å²) < 4.78 is 19.2. The average molecular weight is 121 g/mol. The van der Waals surface area contributed by atoms with Crippen LogP contribution in [0.3, 0.4) is 0 Å². The van der Waals surface area contributed by atoms with E-state index in [2.05, 4.69) is 6.58 Å². The minimum Gasteiger partial charge on any atom is -0.772 e. The van der Waals surface area contributed by atoms with E-state index in [1.165, 1.54) is 0 Å². The van der Waals surface area contributed by atoms with E-state index in [4.69, 9.17) is 5.11 Å². The molecule has 0 aromatic carbocycles. The van der Waals surface area contributed by atoms with Crippen molar-refractivity contribution in [2.75, 3.05) is 5.75 Å². The van der Waals surface area contributed by atoms with Crippen LogP contribution in [0, 0.1) is 0 Å². The van der Waals surface area contributed by atoms with Crippen LogP contribution in [0.2, 0.25) is 0 Å². The fourth-order valence-corrected chi connectivity index (χ4v) is 0.408. The Hall–Kier alpha value is -0.350. The van der Waals surface area contributed by atoms with Crippen molar-refractivity contribution in [1.29, 1.82) is 0 Å². The summed E-state index contributed by atoms with van der Waals surface area (Å²) in [6.45, 7) is 2.96. The molecule has 7 heavy (non-hydrogen) atoms. The van der Waals surface area contributed by atoms with Gasteiger partial charge in [-0.25, -0.2) is 0 Å². The number of hydrogen-bond donors (Lipinski definition) is 1. The Morgan fingerprint density at radius 1 is 2.00 bits per heavy atom. The van der Waals surface area contributed by atoms with Crippen LogP contribution in [0.25, 0.3) is 0 Å². The summed E-state index contributed by atoms with van der Waals surface area (Å²) in [6, 6.07) is 0. The molecular formula is C3H5O3S-. The van der Waals surface area contributed by atoms with Crippen LogP contribution in [0.5, 0.6) is 0 Å². The van der Waals surface area contributed by atoms with Crippen molar-refractivity contribution in [3.63, 3.8) is 0 Å². The van der Waals surface area contributed by atoms with E-state index in [9.17, 15) is 8.76 Å². The Morgan fingerprint density at radius 2 is 2.43 bits per heavy atom. The smallest absolute Gasteiger partial charge is 0.0964 e. The Balaban J connectivity index is 3.32. The van der Waals surface area contributed by atoms with E-state index in [-0.39, 0.29) is 11.5 Å². The van der Waals surface area contributed by atoms with Crippen molar-refractivity contribution >= 4 is 11.1 Å². The molecule has 42 valence electrons. The first-order valence-corrected chi connectivity index (χ1v) is 2.80. The van der Waals surface area contributed by atoms with E-state index in [0.29, 0.717) is 0 Å². The van der Waals surface area contributed by atoms with Gasteiger partial charge in [-0.1, -0.05) is 6.58 Å². The van der Waals surface area contributed by atoms with Crippen LogP contribution in [0.1, 0.15) is 0 Å². The summed E-state index contributed by atoms with van der Waals surface area (Å²) in [4.78, 5) is 0. The molecule has 0 spiro atoms. The van der Waals surface area contributed by atoms with Gasteiger partial charge in [-0.3, -0.25) is 4.21 Å². The minimum absolute atomic E-state index is 0.326. The maximum Gasteiger partial charge on any atom is 0.0964 e. The predicted octanol–water partition coefficient (Wildman–Crippen LogP) is -0.0628. The second kappa shape index (κ2) is 2.76. The largest absolute Gasteiger partial charge is 0.772 e. The summed E-state index contributed by atoms with van der Waals surface area (Å²) in [5.74, 6) is -0.687. The maximum absolute atomic E-state index is 9.59. The SMILES string of the molecule is C=C(O)CS(=O)[O-]. The Morgan fingerprint density at radius 3 is 2.43 bits per heavy atom. The van der Waals surface area contributed by atoms with Crippen molar-refractivity contribution < 1.29 is 13.9 Å². The van der Waals surface area contributed by atoms with Crippen LogP contribution in [-0.2, 0) is 11.1 Å². The molecule has 0 bridgehead atoms. The summed E-state index contributed by atoms with van der Waals surface area (Å²) in [7, 11) is 0. The van der Waals surface area contributed by atoms with Crippen LogP contribution in [-0.4, -0.2) is 19.6 Å². The van der Waals surface area contributed by atoms with Gasteiger partial charge in [0, 0.05) is 0 Å². The summed E-state index contributed by atoms with van der Waals surface area (Å²) in [5.41, 5.74) is 0. The number of rotatable bonds is 2. The molecule has 0 radical (unpaired) electrons. The molecule has 1 atom stereocenters. The first kappa shape index (κ1) is 6.65. The number of aliphatic hydroxyl groups excluding tert-OH is 1. The zero-order valence-electron chi connectivity index (χ0n) is 3.59. The molecule has 0 aliphatic heterocycles. The lowest BCUT2D eigenvalue weighted by molar-refractivity contribution is 0.414. The average Bonchev–Trinajstić information content (AvgIpc) is 1.27. The maximum atomic E-state index is 9.59. The third-order valence-electron chi connectivity index (χ3n) is 0.284. The number of aliphatic hydroxyl groups is 1. The van der Waals surface area contributed by atoms with Gasteiger partial charge >= 0.3 is 0 Å². The Labute approximate surface area is 44.0 Å². The Bertz CT molecular complexity index is 86.4. The zero-order valence-corrected chi connectivity index (χ0v) is 4.40. The van der Waals surface area contributed by atoms with E-state index >= 15 is 0 Å². The lowest BCUT2D eigenvalue weighted by Gasteiger charge is -1.99. The highest BCUT2D eigenvalue weighted by atomic mass is 32.2. The quantitative estimate of drug-likeness (QED) is 0.411. The van der Waals surface area contributed by atoms with Crippen molar-refractivity contribution in [3.8, 4) is 0 Å². The molecule has 3 nitrogen and oxygen atoms in total. The second-order valence-electron chi connectivity index (χ2n) is 1.01. The lowest BCUT2D eigenvalue weighted by atomic mass is 10.7. The monoisotopic (exact) mass is 121 g/mol. The highest BCUT2D eigenvalue weighted by Crippen LogP contribution is 1.82. The standard InChI is InChI=1S/C3H6O3S/c1-3(4)2-7(5)6/h4H,1-2H2,(H,5,6)/p-1. The van der Waals surface area contributed by atoms with Crippen molar-refractivity contribution in [2.45, 2.75) is 0 Å². The molecule has 0 saturated carbocycles. The highest BCUT2D eigenvalue weighted by Gasteiger charge is 1.83. The van der Waals surface area contributed by atoms with Crippen molar-refractivity contribution in [1.82, 2.24) is 0 Å². The lowest BCUT2D eigenvalue weighted by Crippen LogP contribution is -1.96. The summed E-state index contributed by atoms with van der Waals surface area (Å²) in [6.07, 6.45) is 0. The summed E-state index contributed by atoms with van der Waals surface area (Å²) >= 11 is -2.20. The van der Waals surface area contributed by atoms with E-state index in [1.54, 1.807) is 0 Å². The van der Waals surface area contributed by atoms with E-state index in [1.807, 2.05) is 0 Å². The van der Waals surface area contributed by atoms with E-state index in [0.717, 1.165) is 0 Å². The molecular weight excluding hydrogens is 116 g/mol. The van der Waals surface area contributed by atoms with E-state index < -0.39 is 11.1 Å². The second-order valence-corrected chi connectivity index (χ2v) is 1.91. The molecule has 4 heteroatoms. The molecule has 0 aliphatic rings. The molecule has 0 rings (SSSR count). The Kier molecular flexibility index (Phi) is 2.62. The molecule has 0 fully saturated rings. The minimum atomic E-state index is -2.20. The fraction of sp³-hybridized carbons (Fsp3) is 0.333. The summed E-state index contributed by atoms with van der Waals surface area (Å²) in [5, 5.41) is 8.14. The zero-order chi connectivity index (χ0) is 5.86. The molecule has 1 unspecified atom stereocenters. The van der Waals surface area contributed by atoms with Gasteiger partial charge in [0.2, 0.25) is 0 Å². The fourth-order valence-electron chi connectivity index (χ4n) is 0.136. The van der Waals surface area contributed by atoms with Crippen LogP contribution >= 0.6 is 0 Å². The van der Waals surface area contributed by atoms with Gasteiger partial charge < -0.3 is 9.66 Å². The first-order chi connectivity index (χ1) is 3.13. The van der Waals surface area contributed by atoms with Gasteiger partial charge in [0.25, 0.3) is 0 Å². The van der Waals surface area contributed by atoms with Gasteiger partial charge in [0.1, 0.15) is 0 Å². The van der Waals surface area contributed by atoms with Crippen molar-refractivity contribution in [3.05, 3.63) is 12.3 Å². The molecule has 0 saturated heterocycles. The van der Waals surface area contributed by atoms with Gasteiger partial charge in [0.15, 0.2) is 0 Å².